The highest BCUT2D eigenvalue weighted by Crippen LogP contribution is 2.30. The Bertz CT molecular complexity index is 315. The molecule has 0 radical (unpaired) electrons. The van der Waals surface area contributed by atoms with E-state index in [1.54, 1.807) is 0 Å². The normalized spacial score (nSPS) is 13.9. The molecule has 1 nitrogen and oxygen atoms in total. The molecule has 0 spiro atoms. The summed E-state index contributed by atoms with van der Waals surface area (Å²) in [5.41, 5.74) is 7.24. The van der Waals surface area contributed by atoms with Gasteiger partial charge in [-0.2, -0.15) is 0 Å². The Hall–Kier alpha value is -0.530. The van der Waals surface area contributed by atoms with E-state index in [1.807, 2.05) is 18.2 Å². The molecule has 2 N–H and O–H groups in total. The van der Waals surface area contributed by atoms with Gasteiger partial charge in [-0.25, -0.2) is 0 Å². The molecule has 0 heterocycles. The number of hydrogen-bond acceptors (Lipinski definition) is 1. The predicted molar refractivity (Wildman–Crippen MR) is 67.2 cm³/mol. The van der Waals surface area contributed by atoms with E-state index in [0.29, 0.717) is 12.5 Å². The fraction of sp³-hybridized carbons (Fsp3) is 0.538. The first-order chi connectivity index (χ1) is 6.95. The van der Waals surface area contributed by atoms with Gasteiger partial charge in [0.05, 0.1) is 0 Å². The molecule has 0 aromatic heterocycles. The number of hydrogen-bond donors (Lipinski definition) is 1. The van der Waals surface area contributed by atoms with Gasteiger partial charge >= 0.3 is 0 Å². The second kappa shape index (κ2) is 5.00. The lowest BCUT2D eigenvalue weighted by Gasteiger charge is -2.29. The number of rotatable bonds is 3. The lowest BCUT2D eigenvalue weighted by molar-refractivity contribution is 0.246. The Morgan fingerprint density at radius 2 is 1.87 bits per heavy atom. The summed E-state index contributed by atoms with van der Waals surface area (Å²) in [5, 5.41) is 0.847. The molecule has 0 saturated carbocycles. The minimum atomic E-state index is 0.230. The third-order valence-electron chi connectivity index (χ3n) is 2.93. The lowest BCUT2D eigenvalue weighted by atomic mass is 9.77. The van der Waals surface area contributed by atoms with Crippen LogP contribution in [-0.2, 0) is 6.42 Å². The monoisotopic (exact) mass is 225 g/mol. The minimum Gasteiger partial charge on any atom is -0.330 e. The van der Waals surface area contributed by atoms with Gasteiger partial charge in [0, 0.05) is 5.02 Å². The van der Waals surface area contributed by atoms with Crippen molar-refractivity contribution in [2.45, 2.75) is 27.2 Å². The first-order valence-electron chi connectivity index (χ1n) is 5.38. The second-order valence-electron chi connectivity index (χ2n) is 5.09. The van der Waals surface area contributed by atoms with E-state index in [9.17, 15) is 0 Å². The van der Waals surface area contributed by atoms with Gasteiger partial charge in [0.15, 0.2) is 0 Å². The molecular weight excluding hydrogens is 206 g/mol. The van der Waals surface area contributed by atoms with E-state index >= 15 is 0 Å². The molecule has 0 aliphatic carbocycles. The zero-order valence-corrected chi connectivity index (χ0v) is 10.5. The molecule has 0 bridgehead atoms. The van der Waals surface area contributed by atoms with Crippen LogP contribution in [-0.4, -0.2) is 6.54 Å². The van der Waals surface area contributed by atoms with E-state index in [-0.39, 0.29) is 5.41 Å². The van der Waals surface area contributed by atoms with Gasteiger partial charge in [0.2, 0.25) is 0 Å². The molecule has 1 aromatic carbocycles. The van der Waals surface area contributed by atoms with Crippen molar-refractivity contribution in [3.05, 3.63) is 34.9 Å². The highest BCUT2D eigenvalue weighted by Gasteiger charge is 2.23. The molecule has 0 saturated heterocycles. The molecule has 0 aliphatic heterocycles. The van der Waals surface area contributed by atoms with Gasteiger partial charge in [-0.3, -0.25) is 0 Å². The Morgan fingerprint density at radius 1 is 1.27 bits per heavy atom. The Morgan fingerprint density at radius 3 is 2.33 bits per heavy atom. The van der Waals surface area contributed by atoms with Crippen LogP contribution < -0.4 is 5.73 Å². The van der Waals surface area contributed by atoms with Crippen LogP contribution in [0.15, 0.2) is 24.3 Å². The first-order valence-corrected chi connectivity index (χ1v) is 5.76. The fourth-order valence-electron chi connectivity index (χ4n) is 1.67. The van der Waals surface area contributed by atoms with Crippen LogP contribution in [0.25, 0.3) is 0 Å². The van der Waals surface area contributed by atoms with Gasteiger partial charge in [0.25, 0.3) is 0 Å². The largest absolute Gasteiger partial charge is 0.330 e. The van der Waals surface area contributed by atoms with Crippen LogP contribution >= 0.6 is 11.6 Å². The number of nitrogens with two attached hydrogens (primary N) is 1. The SMILES string of the molecule is CC(C)(C)C(CN)Cc1ccccc1Cl. The molecule has 1 aromatic rings. The van der Waals surface area contributed by atoms with Gasteiger partial charge in [0.1, 0.15) is 0 Å². The quantitative estimate of drug-likeness (QED) is 0.837. The van der Waals surface area contributed by atoms with Crippen molar-refractivity contribution in [1.29, 1.82) is 0 Å². The summed E-state index contributed by atoms with van der Waals surface area (Å²) in [5.74, 6) is 0.470. The summed E-state index contributed by atoms with van der Waals surface area (Å²) in [6, 6.07) is 8.00. The van der Waals surface area contributed by atoms with E-state index < -0.39 is 0 Å². The van der Waals surface area contributed by atoms with Gasteiger partial charge < -0.3 is 5.73 Å². The smallest absolute Gasteiger partial charge is 0.0438 e. The Balaban J connectivity index is 2.80. The summed E-state index contributed by atoms with van der Waals surface area (Å²) in [7, 11) is 0. The topological polar surface area (TPSA) is 26.0 Å². The van der Waals surface area contributed by atoms with Gasteiger partial charge in [-0.1, -0.05) is 50.6 Å². The van der Waals surface area contributed by atoms with Crippen molar-refractivity contribution < 1.29 is 0 Å². The van der Waals surface area contributed by atoms with Crippen LogP contribution in [0.3, 0.4) is 0 Å². The highest BCUT2D eigenvalue weighted by molar-refractivity contribution is 6.31. The number of benzene rings is 1. The highest BCUT2D eigenvalue weighted by atomic mass is 35.5. The molecular formula is C13H20ClN. The molecule has 1 atom stereocenters. The van der Waals surface area contributed by atoms with Crippen LogP contribution in [0, 0.1) is 11.3 Å². The van der Waals surface area contributed by atoms with E-state index in [0.717, 1.165) is 11.4 Å². The molecule has 0 aliphatic rings. The second-order valence-corrected chi connectivity index (χ2v) is 5.50. The molecule has 0 fully saturated rings. The van der Waals surface area contributed by atoms with E-state index in [2.05, 4.69) is 26.8 Å². The van der Waals surface area contributed by atoms with Crippen molar-refractivity contribution in [2.75, 3.05) is 6.54 Å². The van der Waals surface area contributed by atoms with Crippen molar-refractivity contribution >= 4 is 11.6 Å². The Labute approximate surface area is 97.6 Å². The van der Waals surface area contributed by atoms with Crippen molar-refractivity contribution in [1.82, 2.24) is 0 Å². The first kappa shape index (κ1) is 12.5. The predicted octanol–water partition coefficient (Wildman–Crippen LogP) is 3.50. The van der Waals surface area contributed by atoms with Crippen LogP contribution in [0.4, 0.5) is 0 Å². The maximum absolute atomic E-state index is 6.13. The third-order valence-corrected chi connectivity index (χ3v) is 3.30. The maximum Gasteiger partial charge on any atom is 0.0438 e. The zero-order valence-electron chi connectivity index (χ0n) is 9.76. The van der Waals surface area contributed by atoms with Crippen LogP contribution in [0.1, 0.15) is 26.3 Å². The maximum atomic E-state index is 6.13. The third kappa shape index (κ3) is 3.51. The summed E-state index contributed by atoms with van der Waals surface area (Å²) < 4.78 is 0. The molecule has 2 heteroatoms. The van der Waals surface area contributed by atoms with Crippen LogP contribution in [0.5, 0.6) is 0 Å². The van der Waals surface area contributed by atoms with Crippen molar-refractivity contribution in [3.63, 3.8) is 0 Å². The molecule has 1 rings (SSSR count). The molecule has 0 amide bonds. The lowest BCUT2D eigenvalue weighted by Crippen LogP contribution is -2.30. The average Bonchev–Trinajstić information content (AvgIpc) is 2.14. The molecule has 1 unspecified atom stereocenters. The standard InChI is InChI=1S/C13H20ClN/c1-13(2,3)11(9-15)8-10-6-4-5-7-12(10)14/h4-7,11H,8-9,15H2,1-3H3. The van der Waals surface area contributed by atoms with E-state index in [4.69, 9.17) is 17.3 Å². The minimum absolute atomic E-state index is 0.230. The molecule has 15 heavy (non-hydrogen) atoms. The van der Waals surface area contributed by atoms with Gasteiger partial charge in [-0.05, 0) is 35.9 Å². The summed E-state index contributed by atoms with van der Waals surface area (Å²) in [6.45, 7) is 7.37. The zero-order chi connectivity index (χ0) is 11.5. The van der Waals surface area contributed by atoms with Gasteiger partial charge in [-0.15, -0.1) is 0 Å². The van der Waals surface area contributed by atoms with Crippen molar-refractivity contribution in [2.24, 2.45) is 17.1 Å². The van der Waals surface area contributed by atoms with Crippen LogP contribution in [0.2, 0.25) is 5.02 Å². The van der Waals surface area contributed by atoms with Crippen molar-refractivity contribution in [3.8, 4) is 0 Å². The average molecular weight is 226 g/mol. The van der Waals surface area contributed by atoms with E-state index in [1.165, 1.54) is 5.56 Å². The molecule has 84 valence electrons. The summed E-state index contributed by atoms with van der Waals surface area (Å²) in [4.78, 5) is 0. The Kier molecular flexibility index (Phi) is 4.18. The summed E-state index contributed by atoms with van der Waals surface area (Å²) in [6.07, 6.45) is 0.958. The fourth-order valence-corrected chi connectivity index (χ4v) is 1.89. The number of halogens is 1. The summed E-state index contributed by atoms with van der Waals surface area (Å²) >= 11 is 6.13.